The van der Waals surface area contributed by atoms with E-state index in [0.717, 1.165) is 21.9 Å². The first-order valence-electron chi connectivity index (χ1n) is 11.2. The number of amides is 1. The fourth-order valence-electron chi connectivity index (χ4n) is 4.58. The van der Waals surface area contributed by atoms with Crippen molar-refractivity contribution in [1.29, 1.82) is 0 Å². The van der Waals surface area contributed by atoms with Gasteiger partial charge < -0.3 is 10.1 Å². The minimum atomic E-state index is -0.940. The molecule has 1 aliphatic rings. The van der Waals surface area contributed by atoms with Crippen molar-refractivity contribution < 1.29 is 14.7 Å². The number of aromatic nitrogens is 3. The minimum Gasteiger partial charge on any atom is -0.507 e. The third kappa shape index (κ3) is 3.36. The molecule has 6 rings (SSSR count). The second-order valence-corrected chi connectivity index (χ2v) is 8.57. The van der Waals surface area contributed by atoms with E-state index in [9.17, 15) is 14.7 Å². The van der Waals surface area contributed by atoms with Crippen LogP contribution in [0.1, 0.15) is 22.9 Å². The lowest BCUT2D eigenvalue weighted by atomic mass is 9.97. The van der Waals surface area contributed by atoms with Gasteiger partial charge in [0.25, 0.3) is 5.78 Å². The zero-order valence-corrected chi connectivity index (χ0v) is 18.8. The summed E-state index contributed by atoms with van der Waals surface area (Å²) in [6.45, 7) is 1.96. The molecular formula is C28H20N4O3. The topological polar surface area (TPSA) is 99.2 Å². The van der Waals surface area contributed by atoms with Gasteiger partial charge in [0.15, 0.2) is 0 Å². The number of ketones is 1. The third-order valence-corrected chi connectivity index (χ3v) is 6.29. The average Bonchev–Trinajstić information content (AvgIpc) is 3.41. The number of aliphatic hydroxyl groups excluding tert-OH is 1. The Labute approximate surface area is 200 Å². The molecule has 1 aliphatic heterocycles. The summed E-state index contributed by atoms with van der Waals surface area (Å²) in [7, 11) is 0. The Kier molecular flexibility index (Phi) is 4.70. The van der Waals surface area contributed by atoms with E-state index in [-0.39, 0.29) is 17.3 Å². The SMILES string of the molecule is Cc1ccc2nc(N3C(=O)C(=O)/C(=C(/O)c4ccc5ccccc5c4)C3c3ccccn3)[nH]c2c1. The van der Waals surface area contributed by atoms with Crippen LogP contribution >= 0.6 is 0 Å². The van der Waals surface area contributed by atoms with Crippen molar-refractivity contribution in [3.05, 3.63) is 107 Å². The highest BCUT2D eigenvalue weighted by atomic mass is 16.3. The molecule has 5 aromatic rings. The number of nitrogens with zero attached hydrogens (tertiary/aromatic N) is 3. The van der Waals surface area contributed by atoms with Crippen LogP contribution in [-0.2, 0) is 9.59 Å². The van der Waals surface area contributed by atoms with E-state index in [1.807, 2.05) is 55.5 Å². The van der Waals surface area contributed by atoms with Gasteiger partial charge in [-0.2, -0.15) is 0 Å². The van der Waals surface area contributed by atoms with Crippen LogP contribution in [0.4, 0.5) is 5.95 Å². The summed E-state index contributed by atoms with van der Waals surface area (Å²) >= 11 is 0. The first-order chi connectivity index (χ1) is 17.0. The van der Waals surface area contributed by atoms with Gasteiger partial charge in [-0.15, -0.1) is 0 Å². The molecular weight excluding hydrogens is 440 g/mol. The van der Waals surface area contributed by atoms with Crippen LogP contribution < -0.4 is 4.90 Å². The van der Waals surface area contributed by atoms with Crippen LogP contribution in [-0.4, -0.2) is 31.7 Å². The normalized spacial score (nSPS) is 17.5. The summed E-state index contributed by atoms with van der Waals surface area (Å²) in [4.78, 5) is 40.1. The predicted molar refractivity (Wildman–Crippen MR) is 134 cm³/mol. The molecule has 2 aromatic heterocycles. The standard InChI is InChI=1S/C28H20N4O3/c1-16-9-12-20-22(14-16)31-28(30-20)32-24(21-8-4-5-13-29-21)23(26(34)27(32)35)25(33)19-11-10-17-6-2-3-7-18(17)15-19/h2-15,24,33H,1H3,(H,30,31)/b25-23+. The number of hydrogen-bond donors (Lipinski definition) is 2. The average molecular weight is 460 g/mol. The molecule has 170 valence electrons. The van der Waals surface area contributed by atoms with Crippen molar-refractivity contribution in [2.45, 2.75) is 13.0 Å². The van der Waals surface area contributed by atoms with Gasteiger partial charge in [0, 0.05) is 11.8 Å². The molecule has 0 spiro atoms. The summed E-state index contributed by atoms with van der Waals surface area (Å²) < 4.78 is 0. The number of H-pyrrole nitrogens is 1. The number of carbonyl (C=O) groups excluding carboxylic acids is 2. The maximum Gasteiger partial charge on any atom is 0.302 e. The highest BCUT2D eigenvalue weighted by Crippen LogP contribution is 2.41. The summed E-state index contributed by atoms with van der Waals surface area (Å²) in [5.41, 5.74) is 3.32. The Balaban J connectivity index is 1.56. The maximum absolute atomic E-state index is 13.3. The summed E-state index contributed by atoms with van der Waals surface area (Å²) in [5, 5.41) is 13.3. The Bertz CT molecular complexity index is 1670. The van der Waals surface area contributed by atoms with E-state index in [1.165, 1.54) is 4.90 Å². The number of Topliss-reactive ketones (excluding diaryl/α,β-unsaturated/α-hetero) is 1. The molecule has 1 unspecified atom stereocenters. The van der Waals surface area contributed by atoms with Gasteiger partial charge in [-0.05, 0) is 53.6 Å². The third-order valence-electron chi connectivity index (χ3n) is 6.29. The van der Waals surface area contributed by atoms with Crippen molar-refractivity contribution in [3.8, 4) is 0 Å². The Morgan fingerprint density at radius 3 is 2.54 bits per heavy atom. The monoisotopic (exact) mass is 460 g/mol. The first-order valence-corrected chi connectivity index (χ1v) is 11.2. The number of carbonyl (C=O) groups is 2. The van der Waals surface area contributed by atoms with Gasteiger partial charge >= 0.3 is 5.91 Å². The number of pyridine rings is 1. The number of aryl methyl sites for hydroxylation is 1. The van der Waals surface area contributed by atoms with E-state index in [1.54, 1.807) is 36.5 Å². The second kappa shape index (κ2) is 7.92. The minimum absolute atomic E-state index is 0.0272. The van der Waals surface area contributed by atoms with Gasteiger partial charge in [-0.1, -0.05) is 48.5 Å². The zero-order valence-electron chi connectivity index (χ0n) is 18.8. The van der Waals surface area contributed by atoms with Crippen molar-refractivity contribution >= 4 is 45.2 Å². The fourth-order valence-corrected chi connectivity index (χ4v) is 4.58. The second-order valence-electron chi connectivity index (χ2n) is 8.57. The lowest BCUT2D eigenvalue weighted by Gasteiger charge is -2.22. The number of aliphatic hydroxyl groups is 1. The van der Waals surface area contributed by atoms with Crippen LogP contribution in [0.2, 0.25) is 0 Å². The number of rotatable bonds is 3. The summed E-state index contributed by atoms with van der Waals surface area (Å²) in [6.07, 6.45) is 1.59. The highest BCUT2D eigenvalue weighted by Gasteiger charge is 2.48. The Morgan fingerprint density at radius 1 is 0.943 bits per heavy atom. The molecule has 0 saturated carbocycles. The molecule has 1 atom stereocenters. The number of fused-ring (bicyclic) bond motifs is 2. The number of anilines is 1. The molecule has 0 aliphatic carbocycles. The zero-order chi connectivity index (χ0) is 24.1. The number of benzene rings is 3. The quantitative estimate of drug-likeness (QED) is 0.223. The van der Waals surface area contributed by atoms with Gasteiger partial charge in [0.1, 0.15) is 11.8 Å². The lowest BCUT2D eigenvalue weighted by Crippen LogP contribution is -2.30. The van der Waals surface area contributed by atoms with Crippen molar-refractivity contribution in [2.24, 2.45) is 0 Å². The molecule has 7 heteroatoms. The molecule has 3 heterocycles. The predicted octanol–water partition coefficient (Wildman–Crippen LogP) is 5.05. The van der Waals surface area contributed by atoms with Crippen LogP contribution in [0.15, 0.2) is 90.6 Å². The van der Waals surface area contributed by atoms with Gasteiger partial charge in [0.2, 0.25) is 5.95 Å². The number of hydrogen-bond acceptors (Lipinski definition) is 5. The fraction of sp³-hybridized carbons (Fsp3) is 0.0714. The number of imidazole rings is 1. The van der Waals surface area contributed by atoms with Crippen molar-refractivity contribution in [2.75, 3.05) is 4.90 Å². The van der Waals surface area contributed by atoms with E-state index in [2.05, 4.69) is 15.0 Å². The Morgan fingerprint density at radius 2 is 1.74 bits per heavy atom. The van der Waals surface area contributed by atoms with E-state index in [4.69, 9.17) is 0 Å². The van der Waals surface area contributed by atoms with Gasteiger partial charge in [0.05, 0.1) is 22.3 Å². The smallest absolute Gasteiger partial charge is 0.302 e. The lowest BCUT2D eigenvalue weighted by molar-refractivity contribution is -0.132. The molecule has 1 amide bonds. The molecule has 0 radical (unpaired) electrons. The van der Waals surface area contributed by atoms with Crippen LogP contribution in [0, 0.1) is 6.92 Å². The van der Waals surface area contributed by atoms with E-state index < -0.39 is 17.7 Å². The summed E-state index contributed by atoms with van der Waals surface area (Å²) in [6, 6.07) is 23.2. The van der Waals surface area contributed by atoms with Gasteiger partial charge in [-0.25, -0.2) is 4.98 Å². The number of nitrogens with one attached hydrogen (secondary N) is 1. The molecule has 35 heavy (non-hydrogen) atoms. The highest BCUT2D eigenvalue weighted by molar-refractivity contribution is 6.51. The molecule has 7 nitrogen and oxygen atoms in total. The molecule has 3 aromatic carbocycles. The van der Waals surface area contributed by atoms with E-state index >= 15 is 0 Å². The largest absolute Gasteiger partial charge is 0.507 e. The molecule has 1 saturated heterocycles. The molecule has 2 N–H and O–H groups in total. The van der Waals surface area contributed by atoms with E-state index in [0.29, 0.717) is 16.8 Å². The molecule has 1 fully saturated rings. The van der Waals surface area contributed by atoms with Crippen molar-refractivity contribution in [1.82, 2.24) is 15.0 Å². The first kappa shape index (κ1) is 20.8. The maximum atomic E-state index is 13.3. The van der Waals surface area contributed by atoms with Crippen LogP contribution in [0.3, 0.4) is 0 Å². The molecule has 0 bridgehead atoms. The number of aromatic amines is 1. The Hall–Kier alpha value is -4.78. The van der Waals surface area contributed by atoms with Crippen LogP contribution in [0.25, 0.3) is 27.6 Å². The van der Waals surface area contributed by atoms with Crippen LogP contribution in [0.5, 0.6) is 0 Å². The van der Waals surface area contributed by atoms with Crippen molar-refractivity contribution in [3.63, 3.8) is 0 Å². The van der Waals surface area contributed by atoms with Gasteiger partial charge in [-0.3, -0.25) is 19.5 Å². The summed E-state index contributed by atoms with van der Waals surface area (Å²) in [5.74, 6) is -1.60.